The van der Waals surface area contributed by atoms with Crippen molar-refractivity contribution in [3.8, 4) is 0 Å². The Hall–Kier alpha value is -0.870. The molecular weight excluding hydrogens is 251 g/mol. The molecule has 1 aromatic carbocycles. The lowest BCUT2D eigenvalue weighted by atomic mass is 10.1. The summed E-state index contributed by atoms with van der Waals surface area (Å²) in [6, 6.07) is 6.55. The van der Waals surface area contributed by atoms with Gasteiger partial charge in [-0.3, -0.25) is 4.79 Å². The Balaban J connectivity index is 2.21. The van der Waals surface area contributed by atoms with Crippen molar-refractivity contribution >= 4 is 17.5 Å². The van der Waals surface area contributed by atoms with Gasteiger partial charge < -0.3 is 4.74 Å². The maximum absolute atomic E-state index is 12.7. The zero-order valence-electron chi connectivity index (χ0n) is 10.8. The maximum atomic E-state index is 12.7. The van der Waals surface area contributed by atoms with Crippen molar-refractivity contribution < 1.29 is 13.9 Å². The fourth-order valence-corrected chi connectivity index (χ4v) is 2.61. The normalized spacial score (nSPS) is 12.4. The first-order chi connectivity index (χ1) is 8.61. The summed E-state index contributed by atoms with van der Waals surface area (Å²) >= 11 is 1.77. The summed E-state index contributed by atoms with van der Waals surface area (Å²) in [4.78, 5) is 11.0. The number of Topliss-reactive ketones (excluding diaryl/α,β-unsaturated/α-hetero) is 1. The Kier molecular flexibility index (Phi) is 6.98. The number of ketones is 1. The van der Waals surface area contributed by atoms with E-state index in [-0.39, 0.29) is 17.7 Å². The van der Waals surface area contributed by atoms with Gasteiger partial charge in [0.1, 0.15) is 11.6 Å². The van der Waals surface area contributed by atoms with Crippen LogP contribution < -0.4 is 0 Å². The van der Waals surface area contributed by atoms with Crippen LogP contribution in [0.2, 0.25) is 0 Å². The van der Waals surface area contributed by atoms with Crippen molar-refractivity contribution in [1.29, 1.82) is 0 Å². The molecule has 18 heavy (non-hydrogen) atoms. The van der Waals surface area contributed by atoms with Crippen LogP contribution in [0.15, 0.2) is 24.3 Å². The number of benzene rings is 1. The first-order valence-corrected chi connectivity index (χ1v) is 7.11. The number of hydrogen-bond acceptors (Lipinski definition) is 3. The van der Waals surface area contributed by atoms with Gasteiger partial charge in [-0.15, -0.1) is 0 Å². The highest BCUT2D eigenvalue weighted by atomic mass is 32.2. The van der Waals surface area contributed by atoms with Gasteiger partial charge in [-0.05, 0) is 36.8 Å². The monoisotopic (exact) mass is 270 g/mol. The number of carbonyl (C=O) groups is 1. The van der Waals surface area contributed by atoms with Gasteiger partial charge in [-0.1, -0.05) is 12.1 Å². The van der Waals surface area contributed by atoms with E-state index in [0.717, 1.165) is 23.5 Å². The summed E-state index contributed by atoms with van der Waals surface area (Å²) in [5, 5.41) is 0. The summed E-state index contributed by atoms with van der Waals surface area (Å²) in [7, 11) is 1.64. The van der Waals surface area contributed by atoms with Crippen LogP contribution in [-0.2, 0) is 15.3 Å². The Bertz CT molecular complexity index is 365. The number of carbonyl (C=O) groups excluding carboxylic acids is 1. The molecule has 0 saturated heterocycles. The quantitative estimate of drug-likeness (QED) is 0.677. The molecule has 1 atom stereocenters. The molecule has 0 N–H and O–H groups in total. The highest BCUT2D eigenvalue weighted by Gasteiger charge is 2.09. The van der Waals surface area contributed by atoms with Crippen molar-refractivity contribution in [2.75, 3.05) is 12.9 Å². The minimum Gasteiger partial charge on any atom is -0.381 e. The number of thioether (sulfide) groups is 1. The van der Waals surface area contributed by atoms with E-state index in [1.807, 2.05) is 0 Å². The van der Waals surface area contributed by atoms with Gasteiger partial charge in [-0.2, -0.15) is 11.8 Å². The van der Waals surface area contributed by atoms with Crippen LogP contribution in [0.4, 0.5) is 4.39 Å². The SMILES string of the molecule is COC(CCSCc1ccc(F)cc1)CC(C)=O. The van der Waals surface area contributed by atoms with Crippen molar-refractivity contribution in [3.63, 3.8) is 0 Å². The van der Waals surface area contributed by atoms with Crippen molar-refractivity contribution in [2.45, 2.75) is 31.6 Å². The van der Waals surface area contributed by atoms with Gasteiger partial charge in [0, 0.05) is 19.3 Å². The Morgan fingerprint density at radius 3 is 2.61 bits per heavy atom. The molecule has 0 radical (unpaired) electrons. The molecule has 0 amide bonds. The Morgan fingerprint density at radius 2 is 2.06 bits per heavy atom. The van der Waals surface area contributed by atoms with Gasteiger partial charge in [0.25, 0.3) is 0 Å². The third-order valence-corrected chi connectivity index (χ3v) is 3.68. The zero-order chi connectivity index (χ0) is 13.4. The van der Waals surface area contributed by atoms with Crippen LogP contribution >= 0.6 is 11.8 Å². The first kappa shape index (κ1) is 15.2. The Morgan fingerprint density at radius 1 is 1.39 bits per heavy atom. The molecule has 0 aromatic heterocycles. The molecule has 1 aromatic rings. The van der Waals surface area contributed by atoms with E-state index < -0.39 is 0 Å². The molecule has 4 heteroatoms. The summed E-state index contributed by atoms with van der Waals surface area (Å²) in [6.45, 7) is 1.58. The highest BCUT2D eigenvalue weighted by Crippen LogP contribution is 2.16. The third kappa shape index (κ3) is 6.17. The molecule has 0 bridgehead atoms. The molecule has 1 unspecified atom stereocenters. The average molecular weight is 270 g/mol. The van der Waals surface area contributed by atoms with Crippen LogP contribution in [0.3, 0.4) is 0 Å². The lowest BCUT2D eigenvalue weighted by Gasteiger charge is -2.13. The smallest absolute Gasteiger partial charge is 0.132 e. The molecule has 0 aliphatic rings. The van der Waals surface area contributed by atoms with E-state index in [4.69, 9.17) is 4.74 Å². The van der Waals surface area contributed by atoms with Crippen LogP contribution in [0, 0.1) is 5.82 Å². The number of hydrogen-bond donors (Lipinski definition) is 0. The molecule has 0 aliphatic heterocycles. The van der Waals surface area contributed by atoms with Gasteiger partial charge in [0.2, 0.25) is 0 Å². The molecule has 0 spiro atoms. The van der Waals surface area contributed by atoms with E-state index >= 15 is 0 Å². The largest absolute Gasteiger partial charge is 0.381 e. The molecule has 0 fully saturated rings. The Labute approximate surface area is 112 Å². The van der Waals surface area contributed by atoms with Crippen LogP contribution in [0.5, 0.6) is 0 Å². The van der Waals surface area contributed by atoms with Crippen LogP contribution in [0.1, 0.15) is 25.3 Å². The third-order valence-electron chi connectivity index (χ3n) is 2.61. The first-order valence-electron chi connectivity index (χ1n) is 5.96. The number of methoxy groups -OCH3 is 1. The van der Waals surface area contributed by atoms with Gasteiger partial charge in [-0.25, -0.2) is 4.39 Å². The number of rotatable bonds is 8. The zero-order valence-corrected chi connectivity index (χ0v) is 11.6. The minimum absolute atomic E-state index is 0.0169. The second kappa shape index (κ2) is 8.27. The fourth-order valence-electron chi connectivity index (χ4n) is 1.61. The van der Waals surface area contributed by atoms with Gasteiger partial charge in [0.15, 0.2) is 0 Å². The second-order valence-corrected chi connectivity index (χ2v) is 5.34. The average Bonchev–Trinajstić information content (AvgIpc) is 2.34. The number of halogens is 1. The van der Waals surface area contributed by atoms with E-state index in [0.29, 0.717) is 6.42 Å². The molecule has 0 aliphatic carbocycles. The summed E-state index contributed by atoms with van der Waals surface area (Å²) in [5.41, 5.74) is 1.11. The van der Waals surface area contributed by atoms with E-state index in [1.54, 1.807) is 37.9 Å². The topological polar surface area (TPSA) is 26.3 Å². The predicted molar refractivity (Wildman–Crippen MR) is 73.3 cm³/mol. The maximum Gasteiger partial charge on any atom is 0.132 e. The highest BCUT2D eigenvalue weighted by molar-refractivity contribution is 7.98. The second-order valence-electron chi connectivity index (χ2n) is 4.23. The summed E-state index contributed by atoms with van der Waals surface area (Å²) < 4.78 is 17.9. The lowest BCUT2D eigenvalue weighted by Crippen LogP contribution is -2.15. The molecule has 0 heterocycles. The summed E-state index contributed by atoms with van der Waals surface area (Å²) in [5.74, 6) is 1.75. The standard InChI is InChI=1S/C14H19FO2S/c1-11(16)9-14(17-2)7-8-18-10-12-3-5-13(15)6-4-12/h3-6,14H,7-10H2,1-2H3. The van der Waals surface area contributed by atoms with Crippen molar-refractivity contribution in [3.05, 3.63) is 35.6 Å². The number of ether oxygens (including phenoxy) is 1. The van der Waals surface area contributed by atoms with E-state index in [1.165, 1.54) is 12.1 Å². The van der Waals surface area contributed by atoms with Crippen LogP contribution in [-0.4, -0.2) is 24.7 Å². The molecular formula is C14H19FO2S. The summed E-state index contributed by atoms with van der Waals surface area (Å²) in [6.07, 6.45) is 1.36. The predicted octanol–water partition coefficient (Wildman–Crippen LogP) is 3.44. The molecule has 1 rings (SSSR count). The lowest BCUT2D eigenvalue weighted by molar-refractivity contribution is -0.119. The fraction of sp³-hybridized carbons (Fsp3) is 0.500. The van der Waals surface area contributed by atoms with Gasteiger partial charge >= 0.3 is 0 Å². The van der Waals surface area contributed by atoms with Crippen LogP contribution in [0.25, 0.3) is 0 Å². The van der Waals surface area contributed by atoms with Crippen molar-refractivity contribution in [1.82, 2.24) is 0 Å². The van der Waals surface area contributed by atoms with Gasteiger partial charge in [0.05, 0.1) is 6.10 Å². The molecule has 2 nitrogen and oxygen atoms in total. The molecule has 0 saturated carbocycles. The minimum atomic E-state index is -0.204. The van der Waals surface area contributed by atoms with Crippen molar-refractivity contribution in [2.24, 2.45) is 0 Å². The van der Waals surface area contributed by atoms with E-state index in [2.05, 4.69) is 0 Å². The van der Waals surface area contributed by atoms with E-state index in [9.17, 15) is 9.18 Å². The molecule has 100 valence electrons.